The van der Waals surface area contributed by atoms with Gasteiger partial charge in [0.1, 0.15) is 0 Å². The molecule has 0 aliphatic carbocycles. The highest BCUT2D eigenvalue weighted by atomic mass is 32.1. The van der Waals surface area contributed by atoms with E-state index in [0.29, 0.717) is 0 Å². The molecule has 0 N–H and O–H groups in total. The topological polar surface area (TPSA) is 0 Å². The van der Waals surface area contributed by atoms with Crippen molar-refractivity contribution in [3.8, 4) is 0 Å². The maximum atomic E-state index is 4.73. The Morgan fingerprint density at radius 2 is 2.00 bits per heavy atom. The fourth-order valence-corrected chi connectivity index (χ4v) is 0.707. The zero-order valence-electron chi connectivity index (χ0n) is 4.40. The van der Waals surface area contributed by atoms with Crippen LogP contribution < -0.4 is 0 Å². The monoisotopic (exact) mass is 103 g/mol. The molecule has 0 radical (unpaired) electrons. The Balaban J connectivity index is 2.63. The molecule has 1 heteroatoms. The van der Waals surface area contributed by atoms with Crippen molar-refractivity contribution in [2.24, 2.45) is 5.92 Å². The van der Waals surface area contributed by atoms with E-state index in [1.165, 1.54) is 6.42 Å². The molecule has 38 valence electrons. The molecule has 0 aliphatic rings. The molecule has 0 bridgehead atoms. The molecule has 0 nitrogen and oxygen atoms in total. The summed E-state index contributed by atoms with van der Waals surface area (Å²) in [5.74, 6) is 1.71. The first-order valence-corrected chi connectivity index (χ1v) is 2.93. The molecular weight excluding hydrogens is 92.1 g/mol. The van der Waals surface area contributed by atoms with Gasteiger partial charge in [-0.15, -0.1) is 0 Å². The third-order valence-corrected chi connectivity index (χ3v) is 0.931. The van der Waals surface area contributed by atoms with Crippen LogP contribution in [0, 0.1) is 5.92 Å². The fourth-order valence-electron chi connectivity index (χ4n) is 0.236. The second kappa shape index (κ2) is 3.54. The Morgan fingerprint density at radius 3 is 2.00 bits per heavy atom. The van der Waals surface area contributed by atoms with E-state index in [0.717, 1.165) is 11.7 Å². The van der Waals surface area contributed by atoms with Crippen molar-refractivity contribution >= 4 is 12.6 Å². The van der Waals surface area contributed by atoms with Crippen LogP contribution in [0.1, 0.15) is 20.3 Å². The van der Waals surface area contributed by atoms with Gasteiger partial charge in [-0.3, -0.25) is 0 Å². The highest BCUT2D eigenvalue weighted by Crippen LogP contribution is 1.95. The maximum Gasteiger partial charge on any atom is -0.0490 e. The summed E-state index contributed by atoms with van der Waals surface area (Å²) in [5, 5.41) is 0. The SMILES string of the molecule is CC(C)CC[S-]. The van der Waals surface area contributed by atoms with Crippen molar-refractivity contribution in [2.75, 3.05) is 5.75 Å². The molecule has 0 aromatic rings. The summed E-state index contributed by atoms with van der Waals surface area (Å²) in [6.45, 7) is 4.37. The number of hydrogen-bond acceptors (Lipinski definition) is 1. The molecule has 0 rings (SSSR count). The van der Waals surface area contributed by atoms with Crippen LogP contribution in [-0.2, 0) is 12.6 Å². The van der Waals surface area contributed by atoms with Gasteiger partial charge in [0.15, 0.2) is 0 Å². The lowest BCUT2D eigenvalue weighted by Gasteiger charge is -2.04. The van der Waals surface area contributed by atoms with Crippen molar-refractivity contribution in [1.29, 1.82) is 0 Å². The van der Waals surface area contributed by atoms with E-state index in [1.807, 2.05) is 0 Å². The lowest BCUT2D eigenvalue weighted by atomic mass is 10.2. The van der Waals surface area contributed by atoms with Crippen LogP contribution in [0.4, 0.5) is 0 Å². The summed E-state index contributed by atoms with van der Waals surface area (Å²) >= 11 is 4.73. The normalized spacial score (nSPS) is 10.0. The van der Waals surface area contributed by atoms with Gasteiger partial charge in [-0.05, 0) is 5.92 Å². The predicted octanol–water partition coefficient (Wildman–Crippen LogP) is 1.58. The fraction of sp³-hybridized carbons (Fsp3) is 1.00. The standard InChI is InChI=1S/C5H12S/c1-5(2)3-4-6/h5-6H,3-4H2,1-2H3/p-1. The van der Waals surface area contributed by atoms with E-state index in [2.05, 4.69) is 13.8 Å². The van der Waals surface area contributed by atoms with Crippen molar-refractivity contribution in [3.63, 3.8) is 0 Å². The molecular formula is C5H11S-. The average Bonchev–Trinajstić information content (AvgIpc) is 1.35. The molecule has 0 saturated heterocycles. The second-order valence-electron chi connectivity index (χ2n) is 1.89. The zero-order chi connectivity index (χ0) is 4.99. The minimum absolute atomic E-state index is 0.794. The highest BCUT2D eigenvalue weighted by molar-refractivity contribution is 7.58. The molecule has 6 heavy (non-hydrogen) atoms. The van der Waals surface area contributed by atoms with E-state index >= 15 is 0 Å². The summed E-state index contributed by atoms with van der Waals surface area (Å²) in [4.78, 5) is 0. The minimum atomic E-state index is 0.794. The van der Waals surface area contributed by atoms with Gasteiger partial charge in [0.2, 0.25) is 0 Å². The van der Waals surface area contributed by atoms with E-state index in [9.17, 15) is 0 Å². The van der Waals surface area contributed by atoms with Crippen LogP contribution in [0.15, 0.2) is 0 Å². The first-order chi connectivity index (χ1) is 2.77. The lowest BCUT2D eigenvalue weighted by molar-refractivity contribution is 0.632. The summed E-state index contributed by atoms with van der Waals surface area (Å²) < 4.78 is 0. The maximum absolute atomic E-state index is 4.73. The largest absolute Gasteiger partial charge is 0.793 e. The van der Waals surface area contributed by atoms with Crippen molar-refractivity contribution in [1.82, 2.24) is 0 Å². The van der Waals surface area contributed by atoms with Crippen molar-refractivity contribution < 1.29 is 0 Å². The molecule has 0 fully saturated rings. The minimum Gasteiger partial charge on any atom is -0.793 e. The van der Waals surface area contributed by atoms with Crippen molar-refractivity contribution in [3.05, 3.63) is 0 Å². The molecule has 0 saturated carbocycles. The van der Waals surface area contributed by atoms with E-state index in [4.69, 9.17) is 12.6 Å². The van der Waals surface area contributed by atoms with Gasteiger partial charge in [0, 0.05) is 0 Å². The molecule has 0 aliphatic heterocycles. The van der Waals surface area contributed by atoms with Crippen LogP contribution in [0.2, 0.25) is 0 Å². The zero-order valence-corrected chi connectivity index (χ0v) is 5.22. The van der Waals surface area contributed by atoms with Crippen LogP contribution in [0.25, 0.3) is 0 Å². The molecule has 0 atom stereocenters. The summed E-state index contributed by atoms with van der Waals surface area (Å²) in [7, 11) is 0. The third-order valence-electron chi connectivity index (χ3n) is 0.695. The van der Waals surface area contributed by atoms with Gasteiger partial charge in [-0.1, -0.05) is 20.3 Å². The molecule has 0 unspecified atom stereocenters. The van der Waals surface area contributed by atoms with Crippen LogP contribution in [0.3, 0.4) is 0 Å². The number of rotatable bonds is 2. The van der Waals surface area contributed by atoms with Crippen LogP contribution in [0.5, 0.6) is 0 Å². The quantitative estimate of drug-likeness (QED) is 0.478. The Labute approximate surface area is 45.4 Å². The Hall–Kier alpha value is 0.350. The molecule has 0 aromatic carbocycles. The first kappa shape index (κ1) is 6.35. The smallest absolute Gasteiger partial charge is 0.0490 e. The summed E-state index contributed by atoms with van der Waals surface area (Å²) in [5.41, 5.74) is 0. The van der Waals surface area contributed by atoms with Gasteiger partial charge in [-0.2, -0.15) is 5.75 Å². The molecule has 0 heterocycles. The van der Waals surface area contributed by atoms with Crippen molar-refractivity contribution in [2.45, 2.75) is 20.3 Å². The summed E-state index contributed by atoms with van der Waals surface area (Å²) in [6, 6.07) is 0. The molecule has 0 aromatic heterocycles. The molecule has 0 spiro atoms. The third kappa shape index (κ3) is 4.35. The number of hydrogen-bond donors (Lipinski definition) is 0. The van der Waals surface area contributed by atoms with Crippen LogP contribution in [-0.4, -0.2) is 5.75 Å². The summed E-state index contributed by atoms with van der Waals surface area (Å²) in [6.07, 6.45) is 1.19. The van der Waals surface area contributed by atoms with Gasteiger partial charge in [0.25, 0.3) is 0 Å². The van der Waals surface area contributed by atoms with Crippen LogP contribution >= 0.6 is 0 Å². The Morgan fingerprint density at radius 1 is 1.50 bits per heavy atom. The highest BCUT2D eigenvalue weighted by Gasteiger charge is 1.81. The van der Waals surface area contributed by atoms with Gasteiger partial charge >= 0.3 is 0 Å². The van der Waals surface area contributed by atoms with E-state index in [-0.39, 0.29) is 0 Å². The second-order valence-corrected chi connectivity index (χ2v) is 2.29. The van der Waals surface area contributed by atoms with E-state index in [1.54, 1.807) is 0 Å². The average molecular weight is 103 g/mol. The predicted molar refractivity (Wildman–Crippen MR) is 31.7 cm³/mol. The van der Waals surface area contributed by atoms with Gasteiger partial charge in [-0.25, -0.2) is 0 Å². The first-order valence-electron chi connectivity index (χ1n) is 2.35. The van der Waals surface area contributed by atoms with E-state index < -0.39 is 0 Å². The Bertz CT molecular complexity index is 25.1. The van der Waals surface area contributed by atoms with Gasteiger partial charge in [0.05, 0.1) is 0 Å². The molecule has 0 amide bonds. The lowest BCUT2D eigenvalue weighted by Crippen LogP contribution is -1.87. The Kier molecular flexibility index (Phi) is 3.74. The van der Waals surface area contributed by atoms with Gasteiger partial charge < -0.3 is 12.6 Å².